The van der Waals surface area contributed by atoms with Crippen molar-refractivity contribution >= 4 is 27.8 Å². The van der Waals surface area contributed by atoms with Crippen LogP contribution in [-0.2, 0) is 14.8 Å². The van der Waals surface area contributed by atoms with Crippen molar-refractivity contribution in [1.82, 2.24) is 0 Å². The van der Waals surface area contributed by atoms with E-state index in [9.17, 15) is 13.2 Å². The van der Waals surface area contributed by atoms with Crippen molar-refractivity contribution in [2.45, 2.75) is 11.8 Å². The summed E-state index contributed by atoms with van der Waals surface area (Å²) in [5.74, 6) is 0.396. The van der Waals surface area contributed by atoms with Gasteiger partial charge < -0.3 is 9.47 Å². The number of benzene rings is 3. The molecule has 160 valence electrons. The van der Waals surface area contributed by atoms with Crippen LogP contribution < -0.4 is 13.8 Å². The van der Waals surface area contributed by atoms with Crippen LogP contribution in [0.15, 0.2) is 83.8 Å². The third-order valence-corrected chi connectivity index (χ3v) is 6.44. The molecule has 6 nitrogen and oxygen atoms in total. The van der Waals surface area contributed by atoms with Gasteiger partial charge in [-0.05, 0) is 55.5 Å². The fourth-order valence-electron chi connectivity index (χ4n) is 2.84. The number of hydrogen-bond donors (Lipinski definition) is 0. The molecule has 0 bridgehead atoms. The number of hydrogen-bond acceptors (Lipinski definition) is 5. The number of anilines is 1. The molecule has 0 saturated heterocycles. The van der Waals surface area contributed by atoms with Gasteiger partial charge in [0.05, 0.1) is 17.7 Å². The number of methoxy groups -OCH3 is 1. The lowest BCUT2D eigenvalue weighted by atomic mass is 10.2. The molecule has 3 aromatic carbocycles. The van der Waals surface area contributed by atoms with Crippen LogP contribution in [-0.4, -0.2) is 28.5 Å². The number of carbonyl (C=O) groups excluding carboxylic acids is 1. The Hall–Kier alpha value is -3.58. The molecule has 0 unspecified atom stereocenters. The Morgan fingerprint density at radius 2 is 1.58 bits per heavy atom. The Balaban J connectivity index is 1.69. The molecule has 0 radical (unpaired) electrons. The van der Waals surface area contributed by atoms with Gasteiger partial charge in [-0.15, -0.1) is 0 Å². The van der Waals surface area contributed by atoms with E-state index in [0.717, 1.165) is 11.1 Å². The van der Waals surface area contributed by atoms with Crippen LogP contribution >= 0.6 is 0 Å². The van der Waals surface area contributed by atoms with Crippen molar-refractivity contribution in [1.29, 1.82) is 0 Å². The van der Waals surface area contributed by atoms with Gasteiger partial charge >= 0.3 is 5.97 Å². The number of aryl methyl sites for hydroxylation is 1. The maximum absolute atomic E-state index is 12.8. The molecule has 3 aromatic rings. The normalized spacial score (nSPS) is 11.3. The molecule has 0 saturated carbocycles. The van der Waals surface area contributed by atoms with Crippen LogP contribution in [0.1, 0.15) is 11.1 Å². The fourth-order valence-corrected chi connectivity index (χ4v) is 4.04. The molecule has 0 aromatic heterocycles. The maximum Gasteiger partial charge on any atom is 0.336 e. The summed E-state index contributed by atoms with van der Waals surface area (Å²) in [7, 11) is -0.652. The summed E-state index contributed by atoms with van der Waals surface area (Å²) in [6.07, 6.45) is 2.91. The first kappa shape index (κ1) is 22.1. The molecule has 0 atom stereocenters. The first-order valence-electron chi connectivity index (χ1n) is 9.50. The van der Waals surface area contributed by atoms with Gasteiger partial charge in [0.15, 0.2) is 0 Å². The minimum absolute atomic E-state index is 0.206. The zero-order valence-electron chi connectivity index (χ0n) is 17.5. The molecular formula is C24H23NO5S. The third-order valence-electron chi connectivity index (χ3n) is 4.64. The molecule has 0 heterocycles. The predicted molar refractivity (Wildman–Crippen MR) is 121 cm³/mol. The van der Waals surface area contributed by atoms with E-state index in [2.05, 4.69) is 0 Å². The molecule has 0 aliphatic rings. The number of carbonyl (C=O) groups is 1. The summed E-state index contributed by atoms with van der Waals surface area (Å²) >= 11 is 0. The van der Waals surface area contributed by atoms with Crippen LogP contribution in [0.5, 0.6) is 11.5 Å². The topological polar surface area (TPSA) is 72.9 Å². The minimum Gasteiger partial charge on any atom is -0.496 e. The van der Waals surface area contributed by atoms with Gasteiger partial charge in [-0.1, -0.05) is 35.9 Å². The third kappa shape index (κ3) is 5.32. The lowest BCUT2D eigenvalue weighted by Crippen LogP contribution is -2.26. The van der Waals surface area contributed by atoms with Crippen molar-refractivity contribution in [3.05, 3.63) is 90.0 Å². The highest BCUT2D eigenvalue weighted by Gasteiger charge is 2.21. The zero-order chi connectivity index (χ0) is 22.4. The van der Waals surface area contributed by atoms with Crippen LogP contribution in [0.2, 0.25) is 0 Å². The second kappa shape index (κ2) is 9.49. The lowest BCUT2D eigenvalue weighted by molar-refractivity contribution is -0.128. The second-order valence-corrected chi connectivity index (χ2v) is 8.75. The Bertz CT molecular complexity index is 1180. The van der Waals surface area contributed by atoms with Crippen molar-refractivity contribution < 1.29 is 22.7 Å². The number of esters is 1. The number of para-hydroxylation sites is 1. The Labute approximate surface area is 182 Å². The van der Waals surface area contributed by atoms with Gasteiger partial charge in [-0.3, -0.25) is 4.31 Å². The van der Waals surface area contributed by atoms with Crippen molar-refractivity contribution in [3.8, 4) is 11.5 Å². The van der Waals surface area contributed by atoms with Crippen LogP contribution in [0.3, 0.4) is 0 Å². The predicted octanol–water partition coefficient (Wildman–Crippen LogP) is 4.45. The molecule has 7 heteroatoms. The summed E-state index contributed by atoms with van der Waals surface area (Å²) in [6, 6.07) is 20.2. The summed E-state index contributed by atoms with van der Waals surface area (Å²) in [5, 5.41) is 0. The number of rotatable bonds is 7. The summed E-state index contributed by atoms with van der Waals surface area (Å²) < 4.78 is 37.3. The van der Waals surface area contributed by atoms with Gasteiger partial charge in [0.1, 0.15) is 11.5 Å². The van der Waals surface area contributed by atoms with Gasteiger partial charge in [0.25, 0.3) is 10.0 Å². The van der Waals surface area contributed by atoms with E-state index in [1.54, 1.807) is 67.8 Å². The van der Waals surface area contributed by atoms with E-state index in [4.69, 9.17) is 9.47 Å². The molecule has 0 fully saturated rings. The Morgan fingerprint density at radius 3 is 2.23 bits per heavy atom. The smallest absolute Gasteiger partial charge is 0.336 e. The SMILES string of the molecule is COc1ccccc1/C=C\C(=O)Oc1ccc(N(C)S(=O)(=O)c2ccc(C)cc2)cc1. The van der Waals surface area contributed by atoms with Gasteiger partial charge in [-0.25, -0.2) is 13.2 Å². The van der Waals surface area contributed by atoms with Crippen molar-refractivity contribution in [3.63, 3.8) is 0 Å². The first-order chi connectivity index (χ1) is 14.8. The van der Waals surface area contributed by atoms with Gasteiger partial charge in [0, 0.05) is 18.7 Å². The quantitative estimate of drug-likeness (QED) is 0.310. The first-order valence-corrected chi connectivity index (χ1v) is 10.9. The molecule has 0 amide bonds. The number of sulfonamides is 1. The molecule has 31 heavy (non-hydrogen) atoms. The van der Waals surface area contributed by atoms with E-state index in [1.807, 2.05) is 25.1 Å². The average Bonchev–Trinajstić information content (AvgIpc) is 2.78. The Kier molecular flexibility index (Phi) is 6.77. The molecular weight excluding hydrogens is 414 g/mol. The van der Waals surface area contributed by atoms with Crippen LogP contribution in [0.4, 0.5) is 5.69 Å². The summed E-state index contributed by atoms with van der Waals surface area (Å²) in [5.41, 5.74) is 2.18. The van der Waals surface area contributed by atoms with E-state index in [1.165, 1.54) is 17.4 Å². The lowest BCUT2D eigenvalue weighted by Gasteiger charge is -2.19. The molecule has 0 spiro atoms. The maximum atomic E-state index is 12.8. The van der Waals surface area contributed by atoms with E-state index in [0.29, 0.717) is 17.2 Å². The number of nitrogens with zero attached hydrogens (tertiary/aromatic N) is 1. The average molecular weight is 438 g/mol. The van der Waals surface area contributed by atoms with Crippen molar-refractivity contribution in [2.75, 3.05) is 18.5 Å². The van der Waals surface area contributed by atoms with Gasteiger partial charge in [-0.2, -0.15) is 0 Å². The van der Waals surface area contributed by atoms with E-state index >= 15 is 0 Å². The monoisotopic (exact) mass is 437 g/mol. The second-order valence-electron chi connectivity index (χ2n) is 6.78. The zero-order valence-corrected chi connectivity index (χ0v) is 18.3. The fraction of sp³-hybridized carbons (Fsp3) is 0.125. The summed E-state index contributed by atoms with van der Waals surface area (Å²) in [4.78, 5) is 12.3. The Morgan fingerprint density at radius 1 is 0.935 bits per heavy atom. The van der Waals surface area contributed by atoms with Crippen molar-refractivity contribution in [2.24, 2.45) is 0 Å². The summed E-state index contributed by atoms with van der Waals surface area (Å²) in [6.45, 7) is 1.89. The highest BCUT2D eigenvalue weighted by molar-refractivity contribution is 7.92. The molecule has 0 N–H and O–H groups in total. The highest BCUT2D eigenvalue weighted by atomic mass is 32.2. The molecule has 0 aliphatic heterocycles. The molecule has 3 rings (SSSR count). The molecule has 0 aliphatic carbocycles. The number of ether oxygens (including phenoxy) is 2. The van der Waals surface area contributed by atoms with E-state index < -0.39 is 16.0 Å². The van der Waals surface area contributed by atoms with Gasteiger partial charge in [0.2, 0.25) is 0 Å². The van der Waals surface area contributed by atoms with Crippen LogP contribution in [0, 0.1) is 6.92 Å². The largest absolute Gasteiger partial charge is 0.496 e. The highest BCUT2D eigenvalue weighted by Crippen LogP contribution is 2.25. The minimum atomic E-state index is -3.69. The standard InChI is InChI=1S/C24H23NO5S/c1-18-8-15-22(16-9-18)31(27,28)25(2)20-11-13-21(14-12-20)30-24(26)17-10-19-6-4-5-7-23(19)29-3/h4-17H,1-3H3/b17-10-. The van der Waals surface area contributed by atoms with E-state index in [-0.39, 0.29) is 4.90 Å². The van der Waals surface area contributed by atoms with Crippen LogP contribution in [0.25, 0.3) is 6.08 Å².